The second-order valence-corrected chi connectivity index (χ2v) is 2.26. The summed E-state index contributed by atoms with van der Waals surface area (Å²) < 4.78 is 0. The minimum absolute atomic E-state index is 0. The third-order valence-corrected chi connectivity index (χ3v) is 1.44. The van der Waals surface area contributed by atoms with Gasteiger partial charge in [-0.2, -0.15) is 0 Å². The molecule has 0 bridgehead atoms. The molecule has 0 unspecified atom stereocenters. The molecule has 0 radical (unpaired) electrons. The van der Waals surface area contributed by atoms with Gasteiger partial charge in [-0.05, 0) is 24.1 Å². The topological polar surface area (TPSA) is 74.0 Å². The molecule has 0 aliphatic carbocycles. The number of hydrogen-bond acceptors (Lipinski definition) is 5. The number of rotatable bonds is 2. The molecule has 54 valence electrons. The Morgan fingerprint density at radius 2 is 2.36 bits per heavy atom. The van der Waals surface area contributed by atoms with Crippen LogP contribution in [0.15, 0.2) is 23.4 Å². The van der Waals surface area contributed by atoms with Gasteiger partial charge in [-0.1, -0.05) is 0 Å². The van der Waals surface area contributed by atoms with Gasteiger partial charge in [0.25, 0.3) is 0 Å². The first-order chi connectivity index (χ1) is 4.86. The minimum atomic E-state index is 0. The third kappa shape index (κ3) is 3.86. The van der Waals surface area contributed by atoms with Crippen LogP contribution < -0.4 is 62.0 Å². The number of nitrogens with zero attached hydrogens (tertiary/aromatic N) is 1. The van der Waals surface area contributed by atoms with Crippen molar-refractivity contribution in [2.45, 2.75) is 5.03 Å². The molecule has 0 fully saturated rings. The van der Waals surface area contributed by atoms with Crippen LogP contribution in [-0.4, -0.2) is 4.98 Å². The van der Waals surface area contributed by atoms with Gasteiger partial charge in [-0.3, -0.25) is 5.14 Å². The number of anilines is 1. The second kappa shape index (κ2) is 6.38. The summed E-state index contributed by atoms with van der Waals surface area (Å²) in [7, 11) is 0. The fourth-order valence-electron chi connectivity index (χ4n) is 0.537. The quantitative estimate of drug-likeness (QED) is 0.323. The number of nitrogens with one attached hydrogen (secondary N) is 1. The average Bonchev–Trinajstić information content (AvgIpc) is 2.05. The summed E-state index contributed by atoms with van der Waals surface area (Å²) in [5, 5.41) is 15.9. The summed E-state index contributed by atoms with van der Waals surface area (Å²) in [6.07, 6.45) is 1.52. The van der Waals surface area contributed by atoms with Gasteiger partial charge in [0.15, 0.2) is 0 Å². The summed E-state index contributed by atoms with van der Waals surface area (Å²) in [5.74, 6) is 0. The van der Waals surface area contributed by atoms with Crippen LogP contribution in [-0.2, 0) is 0 Å². The molecule has 0 amide bonds. The predicted octanol–water partition coefficient (Wildman–Crippen LogP) is -2.04. The maximum absolute atomic E-state index is 10.1. The number of pyridine rings is 1. The Kier molecular flexibility index (Phi) is 6.88. The van der Waals surface area contributed by atoms with Crippen molar-refractivity contribution in [3.8, 4) is 0 Å². The van der Waals surface area contributed by atoms with Crippen LogP contribution in [0.4, 0.5) is 5.69 Å². The Labute approximate surface area is 111 Å². The third-order valence-electron chi connectivity index (χ3n) is 0.973. The monoisotopic (exact) mass is 195 g/mol. The largest absolute Gasteiger partial charge is 1.00 e. The van der Waals surface area contributed by atoms with Gasteiger partial charge in [0, 0.05) is 11.9 Å². The van der Waals surface area contributed by atoms with Crippen LogP contribution in [0, 0.1) is 5.21 Å². The molecule has 0 spiro atoms. The first-order valence-corrected chi connectivity index (χ1v) is 3.45. The molecule has 1 aromatic rings. The Morgan fingerprint density at radius 1 is 1.64 bits per heavy atom. The summed E-state index contributed by atoms with van der Waals surface area (Å²) >= 11 is 1.01. The summed E-state index contributed by atoms with van der Waals surface area (Å²) in [5.41, 5.74) is 2.22. The smallest absolute Gasteiger partial charge is 0.761 e. The van der Waals surface area contributed by atoms with Crippen LogP contribution in [0.2, 0.25) is 0 Å². The summed E-state index contributed by atoms with van der Waals surface area (Å²) in [6, 6.07) is 3.16. The summed E-state index contributed by atoms with van der Waals surface area (Å²) in [4.78, 5) is 3.86. The van der Waals surface area contributed by atoms with Crippen molar-refractivity contribution in [3.05, 3.63) is 23.5 Å². The van der Waals surface area contributed by atoms with Crippen molar-refractivity contribution in [2.75, 3.05) is 5.48 Å². The van der Waals surface area contributed by atoms with E-state index >= 15 is 0 Å². The molecule has 0 aliphatic rings. The Hall–Kier alpha value is 0.856. The first kappa shape index (κ1) is 11.9. The Morgan fingerprint density at radius 3 is 2.91 bits per heavy atom. The van der Waals surface area contributed by atoms with Gasteiger partial charge < -0.3 is 10.7 Å². The SMILES string of the molecule is NSc1cc(N[O-])ccn1.[K+]. The molecule has 0 atom stereocenters. The molecule has 0 saturated heterocycles. The second-order valence-electron chi connectivity index (χ2n) is 1.60. The zero-order chi connectivity index (χ0) is 7.40. The van der Waals surface area contributed by atoms with Gasteiger partial charge in [-0.25, -0.2) is 4.98 Å². The Balaban J connectivity index is 0.000001000. The van der Waals surface area contributed by atoms with Crippen LogP contribution in [0.5, 0.6) is 0 Å². The maximum atomic E-state index is 10.1. The molecule has 1 aromatic heterocycles. The molecule has 0 saturated carbocycles. The fourth-order valence-corrected chi connectivity index (χ4v) is 0.854. The Bertz CT molecular complexity index is 203. The first-order valence-electron chi connectivity index (χ1n) is 2.58. The van der Waals surface area contributed by atoms with Crippen molar-refractivity contribution >= 4 is 17.6 Å². The van der Waals surface area contributed by atoms with E-state index in [0.29, 0.717) is 10.7 Å². The molecule has 1 rings (SSSR count). The molecule has 6 heteroatoms. The van der Waals surface area contributed by atoms with E-state index in [4.69, 9.17) is 5.14 Å². The van der Waals surface area contributed by atoms with Crippen molar-refractivity contribution in [2.24, 2.45) is 5.14 Å². The number of aromatic nitrogens is 1. The fraction of sp³-hybridized carbons (Fsp3) is 0. The van der Waals surface area contributed by atoms with E-state index in [0.717, 1.165) is 11.9 Å². The van der Waals surface area contributed by atoms with Crippen molar-refractivity contribution in [3.63, 3.8) is 0 Å². The molecule has 0 aromatic carbocycles. The van der Waals surface area contributed by atoms with Crippen LogP contribution in [0.1, 0.15) is 0 Å². The van der Waals surface area contributed by atoms with Crippen LogP contribution in [0.25, 0.3) is 0 Å². The van der Waals surface area contributed by atoms with Gasteiger partial charge in [-0.15, -0.1) is 0 Å². The van der Waals surface area contributed by atoms with Crippen LogP contribution in [0.3, 0.4) is 0 Å². The molecule has 3 N–H and O–H groups in total. The van der Waals surface area contributed by atoms with E-state index in [9.17, 15) is 5.21 Å². The van der Waals surface area contributed by atoms with E-state index in [-0.39, 0.29) is 51.4 Å². The number of nitrogens with two attached hydrogens (primary N) is 1. The van der Waals surface area contributed by atoms with Crippen LogP contribution >= 0.6 is 11.9 Å². The zero-order valence-electron chi connectivity index (χ0n) is 6.07. The van der Waals surface area contributed by atoms with Crippen molar-refractivity contribution < 1.29 is 51.4 Å². The molecule has 4 nitrogen and oxygen atoms in total. The van der Waals surface area contributed by atoms with Gasteiger partial charge in [0.1, 0.15) is 5.03 Å². The molecule has 11 heavy (non-hydrogen) atoms. The normalized spacial score (nSPS) is 8.55. The maximum Gasteiger partial charge on any atom is 1.00 e. The standard InChI is InChI=1S/C5H6N3OS.K/c6-10-5-3-4(8-9)1-2-7-5;/h1-3H,6H2,(H-,7,8,9);/q-1;+1. The van der Waals surface area contributed by atoms with E-state index in [1.54, 1.807) is 17.6 Å². The van der Waals surface area contributed by atoms with Crippen molar-refractivity contribution in [1.82, 2.24) is 4.98 Å². The zero-order valence-corrected chi connectivity index (χ0v) is 10.0. The van der Waals surface area contributed by atoms with E-state index in [1.807, 2.05) is 0 Å². The summed E-state index contributed by atoms with van der Waals surface area (Å²) in [6.45, 7) is 0. The minimum Gasteiger partial charge on any atom is -0.761 e. The van der Waals surface area contributed by atoms with E-state index in [1.165, 1.54) is 6.20 Å². The van der Waals surface area contributed by atoms with Gasteiger partial charge in [0.2, 0.25) is 0 Å². The predicted molar refractivity (Wildman–Crippen MR) is 41.3 cm³/mol. The van der Waals surface area contributed by atoms with Gasteiger partial charge >= 0.3 is 51.4 Å². The number of hydrogen-bond donors (Lipinski definition) is 2. The average molecular weight is 195 g/mol. The van der Waals surface area contributed by atoms with E-state index < -0.39 is 0 Å². The van der Waals surface area contributed by atoms with Gasteiger partial charge in [0.05, 0.1) is 0 Å². The molecular formula is C5H6KN3OS. The molecule has 0 aliphatic heterocycles. The van der Waals surface area contributed by atoms with E-state index in [2.05, 4.69) is 4.98 Å². The van der Waals surface area contributed by atoms with Crippen molar-refractivity contribution in [1.29, 1.82) is 0 Å². The molecule has 1 heterocycles. The molecular weight excluding hydrogens is 189 g/mol.